The van der Waals surface area contributed by atoms with E-state index in [4.69, 9.17) is 11.1 Å². The van der Waals surface area contributed by atoms with E-state index in [9.17, 15) is 4.79 Å². The Balaban J connectivity index is 3.00. The van der Waals surface area contributed by atoms with Crippen LogP contribution in [0.2, 0.25) is 0 Å². The molecular formula is C9H11N3O. The molecule has 4 heteroatoms. The lowest BCUT2D eigenvalue weighted by Crippen LogP contribution is -2.22. The summed E-state index contributed by atoms with van der Waals surface area (Å²) in [7, 11) is 1.73. The van der Waals surface area contributed by atoms with Gasteiger partial charge in [0.15, 0.2) is 0 Å². The fraction of sp³-hybridized carbons (Fsp3) is 0.111. The smallest absolute Gasteiger partial charge is 0.250 e. The minimum absolute atomic E-state index is 0.157. The highest BCUT2D eigenvalue weighted by atomic mass is 16.1. The summed E-state index contributed by atoms with van der Waals surface area (Å²) in [6.45, 7) is 0. The van der Waals surface area contributed by atoms with Crippen LogP contribution in [-0.4, -0.2) is 18.7 Å². The maximum atomic E-state index is 10.8. The Morgan fingerprint density at radius 1 is 1.69 bits per heavy atom. The molecule has 0 bridgehead atoms. The highest BCUT2D eigenvalue weighted by molar-refractivity contribution is 6.28. The molecule has 0 aromatic rings. The van der Waals surface area contributed by atoms with E-state index in [1.54, 1.807) is 25.4 Å². The molecule has 4 N–H and O–H groups in total. The molecule has 13 heavy (non-hydrogen) atoms. The molecule has 0 unspecified atom stereocenters. The second-order valence-electron chi connectivity index (χ2n) is 2.57. The molecule has 0 aromatic heterocycles. The average Bonchev–Trinajstić information content (AvgIpc) is 2.08. The Kier molecular flexibility index (Phi) is 2.64. The number of amides is 1. The maximum Gasteiger partial charge on any atom is 0.250 e. The van der Waals surface area contributed by atoms with E-state index < -0.39 is 5.91 Å². The third-order valence-electron chi connectivity index (χ3n) is 1.66. The normalized spacial score (nSPS) is 18.7. The second kappa shape index (κ2) is 3.71. The molecule has 4 nitrogen and oxygen atoms in total. The highest BCUT2D eigenvalue weighted by Gasteiger charge is 2.15. The summed E-state index contributed by atoms with van der Waals surface area (Å²) in [6.07, 6.45) is 6.62. The summed E-state index contributed by atoms with van der Waals surface area (Å²) in [5.74, 6) is -0.573. The largest absolute Gasteiger partial charge is 0.393 e. The molecular weight excluding hydrogens is 166 g/mol. The zero-order chi connectivity index (χ0) is 9.84. The fourth-order valence-electron chi connectivity index (χ4n) is 1.05. The number of primary amides is 1. The summed E-state index contributed by atoms with van der Waals surface area (Å²) >= 11 is 0. The molecule has 1 rings (SSSR count). The van der Waals surface area contributed by atoms with Gasteiger partial charge in [-0.05, 0) is 6.08 Å². The zero-order valence-electron chi connectivity index (χ0n) is 7.29. The van der Waals surface area contributed by atoms with Crippen LogP contribution in [0.1, 0.15) is 0 Å². The van der Waals surface area contributed by atoms with E-state index in [2.05, 4.69) is 5.32 Å². The molecule has 0 saturated carbocycles. The quantitative estimate of drug-likeness (QED) is 0.559. The van der Waals surface area contributed by atoms with Gasteiger partial charge in [-0.1, -0.05) is 12.2 Å². The molecule has 0 aliphatic heterocycles. The Morgan fingerprint density at radius 3 is 2.92 bits per heavy atom. The highest BCUT2D eigenvalue weighted by Crippen LogP contribution is 2.12. The third kappa shape index (κ3) is 1.84. The summed E-state index contributed by atoms with van der Waals surface area (Å²) in [5.41, 5.74) is 6.13. The molecule has 1 aliphatic rings. The number of carbonyl (C=O) groups is 1. The van der Waals surface area contributed by atoms with Gasteiger partial charge in [-0.2, -0.15) is 0 Å². The SMILES string of the molecule is CN/C=C1/C=CC=C(C(N)=O)C1=N. The fourth-order valence-corrected chi connectivity index (χ4v) is 1.05. The zero-order valence-corrected chi connectivity index (χ0v) is 7.29. The van der Waals surface area contributed by atoms with Gasteiger partial charge in [-0.25, -0.2) is 0 Å². The van der Waals surface area contributed by atoms with Crippen LogP contribution in [0.25, 0.3) is 0 Å². The molecule has 1 aliphatic carbocycles. The van der Waals surface area contributed by atoms with Gasteiger partial charge in [-0.15, -0.1) is 0 Å². The van der Waals surface area contributed by atoms with Crippen LogP contribution < -0.4 is 11.1 Å². The van der Waals surface area contributed by atoms with Crippen molar-refractivity contribution in [2.75, 3.05) is 7.05 Å². The van der Waals surface area contributed by atoms with Crippen LogP contribution in [0.15, 0.2) is 35.6 Å². The number of hydrogen-bond donors (Lipinski definition) is 3. The van der Waals surface area contributed by atoms with Crippen LogP contribution in [0.4, 0.5) is 0 Å². The van der Waals surface area contributed by atoms with Crippen molar-refractivity contribution in [2.24, 2.45) is 5.73 Å². The summed E-state index contributed by atoms with van der Waals surface area (Å²) in [6, 6.07) is 0. The number of hydrogen-bond acceptors (Lipinski definition) is 3. The Hall–Kier alpha value is -1.84. The van der Waals surface area contributed by atoms with Crippen LogP contribution >= 0.6 is 0 Å². The van der Waals surface area contributed by atoms with Crippen molar-refractivity contribution in [2.45, 2.75) is 0 Å². The van der Waals surface area contributed by atoms with E-state index >= 15 is 0 Å². The van der Waals surface area contributed by atoms with Crippen molar-refractivity contribution in [3.05, 3.63) is 35.6 Å². The van der Waals surface area contributed by atoms with Crippen molar-refractivity contribution in [3.63, 3.8) is 0 Å². The van der Waals surface area contributed by atoms with Crippen molar-refractivity contribution in [3.8, 4) is 0 Å². The maximum absolute atomic E-state index is 10.8. The number of carbonyl (C=O) groups excluding carboxylic acids is 1. The topological polar surface area (TPSA) is 79.0 Å². The molecule has 0 radical (unpaired) electrons. The first-order valence-corrected chi connectivity index (χ1v) is 3.81. The van der Waals surface area contributed by atoms with Crippen molar-refractivity contribution < 1.29 is 4.79 Å². The third-order valence-corrected chi connectivity index (χ3v) is 1.66. The molecule has 0 fully saturated rings. The first kappa shape index (κ1) is 9.25. The van der Waals surface area contributed by atoms with Gasteiger partial charge in [0.25, 0.3) is 5.91 Å². The minimum Gasteiger partial charge on any atom is -0.393 e. The first-order valence-electron chi connectivity index (χ1n) is 3.81. The molecule has 0 saturated heterocycles. The Morgan fingerprint density at radius 2 is 2.38 bits per heavy atom. The van der Waals surface area contributed by atoms with Crippen molar-refractivity contribution >= 4 is 11.6 Å². The van der Waals surface area contributed by atoms with Gasteiger partial charge in [0.05, 0.1) is 11.3 Å². The van der Waals surface area contributed by atoms with Crippen LogP contribution in [0.5, 0.6) is 0 Å². The van der Waals surface area contributed by atoms with E-state index in [-0.39, 0.29) is 11.3 Å². The lowest BCUT2D eigenvalue weighted by molar-refractivity contribution is -0.114. The number of nitrogens with two attached hydrogens (primary N) is 1. The Bertz CT molecular complexity index is 337. The van der Waals surface area contributed by atoms with Gasteiger partial charge in [-0.3, -0.25) is 10.2 Å². The molecule has 0 heterocycles. The van der Waals surface area contributed by atoms with Crippen LogP contribution in [0, 0.1) is 5.41 Å². The molecule has 0 atom stereocenters. The summed E-state index contributed by atoms with van der Waals surface area (Å²) in [4.78, 5) is 10.8. The molecule has 0 aromatic carbocycles. The summed E-state index contributed by atoms with van der Waals surface area (Å²) in [5, 5.41) is 10.4. The van der Waals surface area contributed by atoms with E-state index in [1.807, 2.05) is 0 Å². The minimum atomic E-state index is -0.573. The number of allylic oxidation sites excluding steroid dienone is 4. The van der Waals surface area contributed by atoms with Crippen LogP contribution in [0.3, 0.4) is 0 Å². The average molecular weight is 177 g/mol. The predicted octanol–water partition coefficient (Wildman–Crippen LogP) is 0.0910. The van der Waals surface area contributed by atoms with Crippen molar-refractivity contribution in [1.29, 1.82) is 5.41 Å². The van der Waals surface area contributed by atoms with E-state index in [1.165, 1.54) is 6.08 Å². The second-order valence-corrected chi connectivity index (χ2v) is 2.57. The van der Waals surface area contributed by atoms with E-state index in [0.29, 0.717) is 5.57 Å². The molecule has 1 amide bonds. The van der Waals surface area contributed by atoms with Gasteiger partial charge in [0, 0.05) is 18.8 Å². The standard InChI is InChI=1S/C9H11N3O/c1-12-5-6-3-2-4-7(8(6)10)9(11)13/h2-5,10,12H,1H3,(H2,11,13)/b6-5-,10-8?. The van der Waals surface area contributed by atoms with Gasteiger partial charge < -0.3 is 11.1 Å². The predicted molar refractivity (Wildman–Crippen MR) is 51.3 cm³/mol. The van der Waals surface area contributed by atoms with Gasteiger partial charge in [0.2, 0.25) is 0 Å². The van der Waals surface area contributed by atoms with Gasteiger partial charge >= 0.3 is 0 Å². The summed E-state index contributed by atoms with van der Waals surface area (Å²) < 4.78 is 0. The van der Waals surface area contributed by atoms with Crippen LogP contribution in [-0.2, 0) is 4.79 Å². The van der Waals surface area contributed by atoms with E-state index in [0.717, 1.165) is 0 Å². The van der Waals surface area contributed by atoms with Gasteiger partial charge in [0.1, 0.15) is 0 Å². The molecule has 0 spiro atoms. The monoisotopic (exact) mass is 177 g/mol. The number of rotatable bonds is 2. The lowest BCUT2D eigenvalue weighted by Gasteiger charge is -2.09. The lowest BCUT2D eigenvalue weighted by atomic mass is 9.98. The Labute approximate surface area is 76.3 Å². The van der Waals surface area contributed by atoms with Crippen molar-refractivity contribution in [1.82, 2.24) is 5.32 Å². The number of nitrogens with one attached hydrogen (secondary N) is 2. The molecule has 68 valence electrons. The first-order chi connectivity index (χ1) is 6.16.